The molecule has 20 heavy (non-hydrogen) atoms. The van der Waals surface area contributed by atoms with E-state index in [1.807, 2.05) is 0 Å². The molecule has 7 heteroatoms. The van der Waals surface area contributed by atoms with Crippen LogP contribution in [0.1, 0.15) is 35.7 Å². The first-order valence-electron chi connectivity index (χ1n) is 9.51. The predicted octanol–water partition coefficient (Wildman–Crippen LogP) is -0.0152. The third-order valence-electron chi connectivity index (χ3n) is 2.91. The van der Waals surface area contributed by atoms with Gasteiger partial charge in [-0.25, -0.2) is 9.78 Å². The minimum absolute atomic E-state index is 0.0572. The van der Waals surface area contributed by atoms with E-state index < -0.39 is 42.5 Å². The van der Waals surface area contributed by atoms with Gasteiger partial charge in [0.2, 0.25) is 0 Å². The molecule has 1 N–H and O–H groups in total. The molecule has 2 aromatic heterocycles. The summed E-state index contributed by atoms with van der Waals surface area (Å²) in [5.74, 6) is 0. The van der Waals surface area contributed by atoms with E-state index in [2.05, 4.69) is 4.98 Å². The summed E-state index contributed by atoms with van der Waals surface area (Å²) in [5.41, 5.74) is -2.39. The van der Waals surface area contributed by atoms with Crippen LogP contribution >= 0.6 is 0 Å². The second kappa shape index (κ2) is 5.62. The van der Waals surface area contributed by atoms with Gasteiger partial charge in [-0.1, -0.05) is 0 Å². The van der Waals surface area contributed by atoms with Crippen LogP contribution in [0, 0.1) is 0 Å². The number of aliphatic hydroxyl groups is 1. The Balaban J connectivity index is 2.53. The van der Waals surface area contributed by atoms with Crippen LogP contribution in [0.2, 0.25) is 0 Å². The summed E-state index contributed by atoms with van der Waals surface area (Å²) in [5, 5.41) is 9.53. The van der Waals surface area contributed by atoms with Crippen LogP contribution in [0.4, 0.5) is 0 Å². The average Bonchev–Trinajstić information content (AvgIpc) is 2.85. The highest BCUT2D eigenvalue weighted by Crippen LogP contribution is 2.04. The fourth-order valence-electron chi connectivity index (χ4n) is 1.92. The molecule has 0 unspecified atom stereocenters. The van der Waals surface area contributed by atoms with Crippen LogP contribution in [-0.2, 0) is 20.6 Å². The summed E-state index contributed by atoms with van der Waals surface area (Å²) in [4.78, 5) is 28.8. The number of nitrogens with zero attached hydrogens (tertiary/aromatic N) is 4. The Labute approximate surface area is 125 Å². The van der Waals surface area contributed by atoms with Crippen LogP contribution in [0.15, 0.2) is 15.9 Å². The van der Waals surface area contributed by atoms with E-state index in [0.29, 0.717) is 4.57 Å². The quantitative estimate of drug-likeness (QED) is 0.838. The van der Waals surface area contributed by atoms with Gasteiger partial charge >= 0.3 is 5.69 Å². The van der Waals surface area contributed by atoms with Crippen molar-refractivity contribution in [3.05, 3.63) is 27.1 Å². The van der Waals surface area contributed by atoms with E-state index in [1.54, 1.807) is 0 Å². The number of hydrogen-bond acceptors (Lipinski definition) is 4. The summed E-state index contributed by atoms with van der Waals surface area (Å²) < 4.78 is 55.1. The van der Waals surface area contributed by atoms with Gasteiger partial charge in [-0.05, 0) is 26.1 Å². The van der Waals surface area contributed by atoms with Crippen molar-refractivity contribution in [1.82, 2.24) is 18.7 Å². The van der Waals surface area contributed by atoms with E-state index >= 15 is 0 Å². The third kappa shape index (κ3) is 2.53. The largest absolute Gasteiger partial charge is 0.393 e. The Bertz CT molecular complexity index is 981. The number of aromatic nitrogens is 4. The zero-order valence-corrected chi connectivity index (χ0v) is 11.2. The van der Waals surface area contributed by atoms with Gasteiger partial charge in [-0.3, -0.25) is 13.9 Å². The fourth-order valence-corrected chi connectivity index (χ4v) is 1.92. The third-order valence-corrected chi connectivity index (χ3v) is 2.91. The molecule has 0 radical (unpaired) electrons. The van der Waals surface area contributed by atoms with Crippen molar-refractivity contribution >= 4 is 11.2 Å². The molecule has 0 aliphatic heterocycles. The molecule has 2 aromatic rings. The minimum atomic E-state index is -2.85. The molecule has 7 nitrogen and oxygen atoms in total. The van der Waals surface area contributed by atoms with Crippen molar-refractivity contribution in [3.8, 4) is 0 Å². The minimum Gasteiger partial charge on any atom is -0.393 e. The number of imidazole rings is 1. The Morgan fingerprint density at radius 1 is 1.60 bits per heavy atom. The fraction of sp³-hybridized carbons (Fsp3) is 0.615. The van der Waals surface area contributed by atoms with E-state index in [9.17, 15) is 14.7 Å². The molecule has 0 amide bonds. The van der Waals surface area contributed by atoms with Crippen molar-refractivity contribution in [2.24, 2.45) is 14.0 Å². The summed E-state index contributed by atoms with van der Waals surface area (Å²) in [6.07, 6.45) is -5.68. The highest BCUT2D eigenvalue weighted by molar-refractivity contribution is 5.69. The first-order valence-corrected chi connectivity index (χ1v) is 6.01. The Morgan fingerprint density at radius 2 is 2.35 bits per heavy atom. The number of fused-ring (bicyclic) bond motifs is 1. The maximum absolute atomic E-state index is 12.7. The molecule has 0 bridgehead atoms. The second-order valence-electron chi connectivity index (χ2n) is 4.38. The van der Waals surface area contributed by atoms with Gasteiger partial charge in [0.25, 0.3) is 5.56 Å². The Kier molecular flexibility index (Phi) is 2.19. The second-order valence-corrected chi connectivity index (χ2v) is 4.38. The zero-order chi connectivity index (χ0) is 20.9. The molecule has 0 spiro atoms. The van der Waals surface area contributed by atoms with Crippen LogP contribution in [-0.4, -0.2) is 29.9 Å². The number of aryl methyl sites for hydroxylation is 2. The maximum atomic E-state index is 12.7. The molecule has 0 saturated carbocycles. The molecule has 1 atom stereocenters. The summed E-state index contributed by atoms with van der Waals surface area (Å²) >= 11 is 0. The predicted molar refractivity (Wildman–Crippen MR) is 75.7 cm³/mol. The summed E-state index contributed by atoms with van der Waals surface area (Å²) in [6.45, 7) is -2.10. The molecule has 0 fully saturated rings. The maximum Gasteiger partial charge on any atom is 0.332 e. The van der Waals surface area contributed by atoms with Crippen molar-refractivity contribution in [2.75, 3.05) is 0 Å². The van der Waals surface area contributed by atoms with E-state index in [1.165, 1.54) is 7.05 Å². The number of rotatable bonds is 5. The van der Waals surface area contributed by atoms with E-state index in [4.69, 9.17) is 9.60 Å². The van der Waals surface area contributed by atoms with Crippen molar-refractivity contribution in [3.63, 3.8) is 0 Å². The summed E-state index contributed by atoms with van der Waals surface area (Å²) in [7, 11) is 1.28. The molecule has 0 aromatic carbocycles. The van der Waals surface area contributed by atoms with E-state index in [0.717, 1.165) is 16.1 Å². The highest BCUT2D eigenvalue weighted by Gasteiger charge is 2.14. The molecule has 2 rings (SSSR count). The lowest BCUT2D eigenvalue weighted by Crippen LogP contribution is -2.39. The van der Waals surface area contributed by atoms with Gasteiger partial charge < -0.3 is 9.67 Å². The van der Waals surface area contributed by atoms with Crippen molar-refractivity contribution in [1.29, 1.82) is 0 Å². The first-order chi connectivity index (χ1) is 12.1. The first kappa shape index (κ1) is 7.78. The molecular formula is C13H20N4O3. The number of hydrogen-bond donors (Lipinski definition) is 1. The lowest BCUT2D eigenvalue weighted by Gasteiger charge is -2.09. The monoisotopic (exact) mass is 287 g/mol. The van der Waals surface area contributed by atoms with Crippen molar-refractivity contribution < 1.29 is 14.7 Å². The zero-order valence-electron chi connectivity index (χ0n) is 18.2. The molecular weight excluding hydrogens is 260 g/mol. The average molecular weight is 287 g/mol. The smallest absolute Gasteiger partial charge is 0.332 e. The van der Waals surface area contributed by atoms with Gasteiger partial charge in [0.1, 0.15) is 1.37 Å². The van der Waals surface area contributed by atoms with Gasteiger partial charge in [0.05, 0.1) is 13.8 Å². The summed E-state index contributed by atoms with van der Waals surface area (Å²) in [6, 6.07) is 0. The van der Waals surface area contributed by atoms with Crippen LogP contribution < -0.4 is 11.2 Å². The van der Waals surface area contributed by atoms with Gasteiger partial charge in [-0.2, -0.15) is 0 Å². The topological polar surface area (TPSA) is 82.1 Å². The molecule has 2 heterocycles. The van der Waals surface area contributed by atoms with Gasteiger partial charge in [-0.15, -0.1) is 0 Å². The highest BCUT2D eigenvalue weighted by atomic mass is 16.3. The Morgan fingerprint density at radius 3 is 3.00 bits per heavy atom. The van der Waals surface area contributed by atoms with Crippen LogP contribution in [0.25, 0.3) is 11.2 Å². The molecule has 0 aliphatic carbocycles. The van der Waals surface area contributed by atoms with Crippen LogP contribution in [0.3, 0.4) is 0 Å². The lowest BCUT2D eigenvalue weighted by atomic mass is 10.2. The molecule has 0 saturated heterocycles. The SMILES string of the molecule is [2H]c1nc2c(c(=O)n(CCCC([2H])([2H])[C@]([2H])(C)O)c(=O)n2C)n1C([2H])([2H])[2H]. The lowest BCUT2D eigenvalue weighted by molar-refractivity contribution is 0.180. The standard InChI is InChI=1S/C13H20N4O3/c1-9(18)6-4-5-7-17-12(19)10-11(14-8-15(10)2)16(3)13(17)20/h8-9,18H,4-7H2,1-3H3/t9-/m0/s1/i2D3,6D2,8D,9D. The van der Waals surface area contributed by atoms with Gasteiger partial charge in [0, 0.05) is 27.4 Å². The normalized spacial score (nSPS) is 21.1. The van der Waals surface area contributed by atoms with Crippen molar-refractivity contribution in [2.45, 2.75) is 38.8 Å². The van der Waals surface area contributed by atoms with E-state index in [-0.39, 0.29) is 25.0 Å². The molecule has 0 aliphatic rings. The Hall–Kier alpha value is -1.89. The molecule has 110 valence electrons. The van der Waals surface area contributed by atoms with Crippen LogP contribution in [0.5, 0.6) is 0 Å². The van der Waals surface area contributed by atoms with Gasteiger partial charge in [0.15, 0.2) is 11.2 Å².